The molecule has 12 heteroatoms. The molecule has 1 heterocycles. The van der Waals surface area contributed by atoms with E-state index < -0.39 is 59.7 Å². The zero-order chi connectivity index (χ0) is 33.4. The van der Waals surface area contributed by atoms with E-state index in [1.54, 1.807) is 23.9 Å². The van der Waals surface area contributed by atoms with E-state index in [9.17, 15) is 33.4 Å². The summed E-state index contributed by atoms with van der Waals surface area (Å²) in [6.45, 7) is 7.40. The van der Waals surface area contributed by atoms with Crippen molar-refractivity contribution >= 4 is 29.5 Å². The number of thioether (sulfide) groups is 1. The number of pyridine rings is 1. The van der Waals surface area contributed by atoms with E-state index in [1.165, 1.54) is 19.3 Å². The van der Waals surface area contributed by atoms with Gasteiger partial charge in [-0.25, -0.2) is 8.78 Å². The highest BCUT2D eigenvalue weighted by atomic mass is 32.2. The molecule has 1 aromatic carbocycles. The van der Waals surface area contributed by atoms with Crippen molar-refractivity contribution < 1.29 is 33.4 Å². The van der Waals surface area contributed by atoms with Crippen molar-refractivity contribution in [2.24, 2.45) is 0 Å². The maximum absolute atomic E-state index is 14.1. The number of hydrogen-bond acceptors (Lipinski definition) is 7. The number of rotatable bonds is 20. The largest absolute Gasteiger partial charge is 0.388 e. The number of nitrogens with one attached hydrogen (secondary N) is 3. The van der Waals surface area contributed by atoms with Gasteiger partial charge in [0, 0.05) is 36.4 Å². The highest BCUT2D eigenvalue weighted by Crippen LogP contribution is 2.23. The Morgan fingerprint density at radius 3 is 2.09 bits per heavy atom. The monoisotopic (exact) mass is 650 g/mol. The lowest BCUT2D eigenvalue weighted by Gasteiger charge is -2.33. The van der Waals surface area contributed by atoms with Crippen molar-refractivity contribution in [2.75, 3.05) is 5.75 Å². The van der Waals surface area contributed by atoms with E-state index in [4.69, 9.17) is 0 Å². The Bertz CT molecular complexity index is 1180. The summed E-state index contributed by atoms with van der Waals surface area (Å²) < 4.78 is 28.2. The van der Waals surface area contributed by atoms with Crippen LogP contribution in [0.4, 0.5) is 8.78 Å². The molecule has 0 aliphatic heterocycles. The van der Waals surface area contributed by atoms with Crippen LogP contribution in [0.15, 0.2) is 42.7 Å². The van der Waals surface area contributed by atoms with E-state index >= 15 is 0 Å². The van der Waals surface area contributed by atoms with Gasteiger partial charge in [-0.15, -0.1) is 0 Å². The minimum absolute atomic E-state index is 0.143. The predicted molar refractivity (Wildman–Crippen MR) is 173 cm³/mol. The molecular weight excluding hydrogens is 602 g/mol. The first kappa shape index (κ1) is 38.1. The number of halogens is 2. The third-order valence-electron chi connectivity index (χ3n) is 7.40. The zero-order valence-electron chi connectivity index (χ0n) is 26.6. The molecule has 2 aromatic rings. The second-order valence-electron chi connectivity index (χ2n) is 11.3. The molecule has 0 saturated heterocycles. The minimum Gasteiger partial charge on any atom is -0.388 e. The Hall–Kier alpha value is -3.09. The number of unbranched alkanes of at least 4 members (excludes halogenated alkanes) is 1. The average Bonchev–Trinajstić information content (AvgIpc) is 2.99. The van der Waals surface area contributed by atoms with E-state index in [0.29, 0.717) is 18.9 Å². The maximum atomic E-state index is 14.1. The van der Waals surface area contributed by atoms with E-state index in [0.717, 1.165) is 44.2 Å². The van der Waals surface area contributed by atoms with Gasteiger partial charge in [0.1, 0.15) is 29.9 Å². The van der Waals surface area contributed by atoms with Crippen LogP contribution in [0.3, 0.4) is 0 Å². The fraction of sp³-hybridized carbons (Fsp3) is 0.576. The Morgan fingerprint density at radius 1 is 0.889 bits per heavy atom. The highest BCUT2D eigenvalue weighted by molar-refractivity contribution is 7.99. The van der Waals surface area contributed by atoms with Gasteiger partial charge in [0.05, 0.1) is 17.6 Å². The van der Waals surface area contributed by atoms with Gasteiger partial charge < -0.3 is 26.2 Å². The summed E-state index contributed by atoms with van der Waals surface area (Å²) in [4.78, 5) is 42.8. The number of amides is 3. The number of carbonyl (C=O) groups is 3. The van der Waals surface area contributed by atoms with Crippen molar-refractivity contribution in [2.45, 2.75) is 115 Å². The fourth-order valence-electron chi connectivity index (χ4n) is 5.12. The fourth-order valence-corrected chi connectivity index (χ4v) is 6.63. The zero-order valence-corrected chi connectivity index (χ0v) is 27.4. The first-order chi connectivity index (χ1) is 21.5. The number of aliphatic hydroxyl groups excluding tert-OH is 2. The molecular formula is C33H48F2N4O5S. The molecule has 5 N–H and O–H groups in total. The molecule has 0 saturated carbocycles. The molecule has 0 aliphatic carbocycles. The summed E-state index contributed by atoms with van der Waals surface area (Å²) in [5.41, 5.74) is 0.403. The van der Waals surface area contributed by atoms with Crippen LogP contribution in [-0.2, 0) is 16.0 Å². The van der Waals surface area contributed by atoms with Gasteiger partial charge in [0.2, 0.25) is 11.8 Å². The molecule has 0 spiro atoms. The molecule has 1 aromatic heterocycles. The molecule has 5 unspecified atom stereocenters. The topological polar surface area (TPSA) is 141 Å². The number of carbonyl (C=O) groups excluding carboxylic acids is 3. The van der Waals surface area contributed by atoms with Gasteiger partial charge in [-0.2, -0.15) is 11.8 Å². The van der Waals surface area contributed by atoms with E-state index in [-0.39, 0.29) is 28.6 Å². The van der Waals surface area contributed by atoms with E-state index in [2.05, 4.69) is 34.8 Å². The smallest absolute Gasteiger partial charge is 0.253 e. The maximum Gasteiger partial charge on any atom is 0.253 e. The molecule has 0 bridgehead atoms. The number of hydrogen-bond donors (Lipinski definition) is 5. The Morgan fingerprint density at radius 2 is 1.53 bits per heavy atom. The van der Waals surface area contributed by atoms with Crippen molar-refractivity contribution in [3.05, 3.63) is 65.5 Å². The van der Waals surface area contributed by atoms with Crippen LogP contribution in [0, 0.1) is 11.6 Å². The van der Waals surface area contributed by atoms with E-state index in [1.807, 2.05) is 6.92 Å². The SMILES string of the molecule is CCCCC(NC(C)=O)C(O)C(O)C(Cc1cc(F)cc(F)c1)NC(=O)C(CSC(CCC)CCC)NC(=O)c1cccnc1. The number of aromatic nitrogens is 1. The van der Waals surface area contributed by atoms with Crippen LogP contribution in [0.25, 0.3) is 0 Å². The van der Waals surface area contributed by atoms with Gasteiger partial charge in [-0.3, -0.25) is 19.4 Å². The summed E-state index contributed by atoms with van der Waals surface area (Å²) in [6.07, 6.45) is 5.10. The standard InChI is InChI=1S/C33H48F2N4O5S/c1-5-8-13-27(37-21(4)40)30(41)31(42)28(17-22-15-24(34)18-25(35)16-22)38-33(44)29(20-45-26(10-6-2)11-7-3)39-32(43)23-12-9-14-36-19-23/h9,12,14-16,18-19,26-31,41-42H,5-8,10-11,13,17,20H2,1-4H3,(H,37,40)(H,38,44)(H,39,43). The number of nitrogens with zero attached hydrogens (tertiary/aromatic N) is 1. The number of aliphatic hydroxyl groups is 2. The van der Waals surface area contributed by atoms with Gasteiger partial charge in [-0.05, 0) is 55.5 Å². The molecule has 3 amide bonds. The summed E-state index contributed by atoms with van der Waals surface area (Å²) in [5.74, 6) is -2.99. The third kappa shape index (κ3) is 13.4. The summed E-state index contributed by atoms with van der Waals surface area (Å²) >= 11 is 1.57. The van der Waals surface area contributed by atoms with Crippen LogP contribution >= 0.6 is 11.8 Å². The van der Waals surface area contributed by atoms with Crippen molar-refractivity contribution in [1.29, 1.82) is 0 Å². The molecule has 9 nitrogen and oxygen atoms in total. The minimum atomic E-state index is -1.63. The van der Waals surface area contributed by atoms with Gasteiger partial charge in [-0.1, -0.05) is 46.5 Å². The quantitative estimate of drug-likeness (QED) is 0.144. The molecule has 45 heavy (non-hydrogen) atoms. The molecule has 0 radical (unpaired) electrons. The molecule has 0 fully saturated rings. The second-order valence-corrected chi connectivity index (χ2v) is 12.7. The first-order valence-electron chi connectivity index (χ1n) is 15.7. The van der Waals surface area contributed by atoms with Crippen LogP contribution in [0.5, 0.6) is 0 Å². The predicted octanol–water partition coefficient (Wildman–Crippen LogP) is 4.30. The van der Waals surface area contributed by atoms with Gasteiger partial charge in [0.25, 0.3) is 5.91 Å². The molecule has 250 valence electrons. The van der Waals surface area contributed by atoms with Crippen molar-refractivity contribution in [3.63, 3.8) is 0 Å². The summed E-state index contributed by atoms with van der Waals surface area (Å²) in [5, 5.41) is 31.1. The highest BCUT2D eigenvalue weighted by Gasteiger charge is 2.35. The Kier molecular flexibility index (Phi) is 17.0. The number of benzene rings is 1. The first-order valence-corrected chi connectivity index (χ1v) is 16.7. The van der Waals surface area contributed by atoms with Crippen molar-refractivity contribution in [3.8, 4) is 0 Å². The van der Waals surface area contributed by atoms with Crippen LogP contribution in [0.2, 0.25) is 0 Å². The summed E-state index contributed by atoms with van der Waals surface area (Å²) in [7, 11) is 0. The summed E-state index contributed by atoms with van der Waals surface area (Å²) in [6, 6.07) is 2.96. The van der Waals surface area contributed by atoms with Gasteiger partial charge in [0.15, 0.2) is 0 Å². The van der Waals surface area contributed by atoms with Gasteiger partial charge >= 0.3 is 0 Å². The van der Waals surface area contributed by atoms with Crippen LogP contribution in [-0.4, -0.2) is 74.3 Å². The Labute approximate surface area is 269 Å². The normalized spacial score (nSPS) is 14.7. The lowest BCUT2D eigenvalue weighted by Crippen LogP contribution is -2.59. The average molecular weight is 651 g/mol. The lowest BCUT2D eigenvalue weighted by molar-refractivity contribution is -0.126. The van der Waals surface area contributed by atoms with Crippen LogP contribution in [0.1, 0.15) is 88.6 Å². The molecule has 2 rings (SSSR count). The third-order valence-corrected chi connectivity index (χ3v) is 8.87. The molecule has 0 aliphatic rings. The second kappa shape index (κ2) is 20.1. The Balaban J connectivity index is 2.41. The molecule has 5 atom stereocenters. The lowest BCUT2D eigenvalue weighted by atomic mass is 9.91. The van der Waals surface area contributed by atoms with Crippen LogP contribution < -0.4 is 16.0 Å². The van der Waals surface area contributed by atoms with Crippen molar-refractivity contribution in [1.82, 2.24) is 20.9 Å².